The first-order chi connectivity index (χ1) is 10.2. The lowest BCUT2D eigenvalue weighted by atomic mass is 9.75. The number of hydrogen-bond donors (Lipinski definition) is 1. The van der Waals surface area contributed by atoms with Gasteiger partial charge in [-0.05, 0) is 29.7 Å². The first-order valence-electron chi connectivity index (χ1n) is 9.37. The summed E-state index contributed by atoms with van der Waals surface area (Å²) in [5.74, 6) is 0.721. The van der Waals surface area contributed by atoms with Gasteiger partial charge in [0.2, 0.25) is 0 Å². The molecule has 23 heavy (non-hydrogen) atoms. The molecule has 1 unspecified atom stereocenters. The fourth-order valence-corrected chi connectivity index (χ4v) is 3.26. The molecule has 0 heterocycles. The summed E-state index contributed by atoms with van der Waals surface area (Å²) < 4.78 is 0. The zero-order valence-corrected chi connectivity index (χ0v) is 17.9. The van der Waals surface area contributed by atoms with E-state index in [1.54, 1.807) is 0 Å². The summed E-state index contributed by atoms with van der Waals surface area (Å²) >= 11 is 0. The van der Waals surface area contributed by atoms with E-state index in [1.165, 1.54) is 24.1 Å². The Balaban J connectivity index is 5.68. The second kappa shape index (κ2) is 7.90. The van der Waals surface area contributed by atoms with Gasteiger partial charge in [0.1, 0.15) is 0 Å². The van der Waals surface area contributed by atoms with Gasteiger partial charge >= 0.3 is 0 Å². The Morgan fingerprint density at radius 1 is 0.913 bits per heavy atom. The van der Waals surface area contributed by atoms with Gasteiger partial charge in [-0.15, -0.1) is 0 Å². The van der Waals surface area contributed by atoms with E-state index >= 15 is 0 Å². The molecule has 0 aromatic heterocycles. The van der Waals surface area contributed by atoms with Crippen LogP contribution in [0.3, 0.4) is 0 Å². The van der Waals surface area contributed by atoms with Gasteiger partial charge in [0, 0.05) is 22.2 Å². The molecule has 1 nitrogen and oxygen atoms in total. The van der Waals surface area contributed by atoms with Gasteiger partial charge < -0.3 is 5.32 Å². The van der Waals surface area contributed by atoms with Crippen LogP contribution in [0.4, 0.5) is 0 Å². The van der Waals surface area contributed by atoms with Crippen LogP contribution in [-0.2, 0) is 0 Å². The molecule has 0 aromatic carbocycles. The molecular weight excluding hydrogens is 278 g/mol. The standard InChI is InChI=1S/C22H43N/c1-13-16(3)15-22(11,12)17(4)23-19(21(8,9)10)18(14-2)20(5,6)7/h16,23H,4,13-15H2,1-3,5-12H3/b19-18+. The maximum Gasteiger partial charge on any atom is 0.0200 e. The highest BCUT2D eigenvalue weighted by Gasteiger charge is 2.31. The maximum atomic E-state index is 4.42. The van der Waals surface area contributed by atoms with Gasteiger partial charge in [-0.3, -0.25) is 0 Å². The van der Waals surface area contributed by atoms with E-state index in [0.717, 1.165) is 18.0 Å². The van der Waals surface area contributed by atoms with Gasteiger partial charge in [0.05, 0.1) is 0 Å². The highest BCUT2D eigenvalue weighted by atomic mass is 14.9. The van der Waals surface area contributed by atoms with E-state index in [4.69, 9.17) is 0 Å². The van der Waals surface area contributed by atoms with Crippen LogP contribution in [-0.4, -0.2) is 0 Å². The van der Waals surface area contributed by atoms with Crippen molar-refractivity contribution in [2.24, 2.45) is 22.2 Å². The summed E-state index contributed by atoms with van der Waals surface area (Å²) in [6, 6.07) is 0. The number of rotatable bonds is 7. The lowest BCUT2D eigenvalue weighted by Crippen LogP contribution is -2.34. The molecule has 0 amide bonds. The maximum absolute atomic E-state index is 4.42. The summed E-state index contributed by atoms with van der Waals surface area (Å²) in [4.78, 5) is 0. The first-order valence-corrected chi connectivity index (χ1v) is 9.37. The summed E-state index contributed by atoms with van der Waals surface area (Å²) in [5.41, 5.74) is 4.38. The van der Waals surface area contributed by atoms with E-state index in [1.807, 2.05) is 0 Å². The van der Waals surface area contributed by atoms with Crippen molar-refractivity contribution in [2.75, 3.05) is 0 Å². The molecular formula is C22H43N. The molecule has 0 aromatic rings. The zero-order valence-electron chi connectivity index (χ0n) is 17.9. The van der Waals surface area contributed by atoms with Gasteiger partial charge in [0.25, 0.3) is 0 Å². The molecule has 0 aliphatic heterocycles. The summed E-state index contributed by atoms with van der Waals surface area (Å²) in [6.07, 6.45) is 3.47. The Kier molecular flexibility index (Phi) is 7.65. The third-order valence-electron chi connectivity index (χ3n) is 4.96. The molecule has 0 bridgehead atoms. The number of hydrogen-bond acceptors (Lipinski definition) is 1. The first kappa shape index (κ1) is 22.3. The van der Waals surface area contributed by atoms with Crippen molar-refractivity contribution >= 4 is 0 Å². The van der Waals surface area contributed by atoms with Crippen LogP contribution in [0.2, 0.25) is 0 Å². The van der Waals surface area contributed by atoms with Crippen molar-refractivity contribution in [2.45, 2.75) is 95.4 Å². The topological polar surface area (TPSA) is 12.0 Å². The third kappa shape index (κ3) is 6.73. The Hall–Kier alpha value is -0.720. The van der Waals surface area contributed by atoms with Gasteiger partial charge in [-0.25, -0.2) is 0 Å². The molecule has 0 saturated heterocycles. The van der Waals surface area contributed by atoms with Crippen molar-refractivity contribution in [3.8, 4) is 0 Å². The fourth-order valence-electron chi connectivity index (χ4n) is 3.26. The third-order valence-corrected chi connectivity index (χ3v) is 4.96. The van der Waals surface area contributed by atoms with Crippen LogP contribution in [0.25, 0.3) is 0 Å². The van der Waals surface area contributed by atoms with Crippen molar-refractivity contribution < 1.29 is 0 Å². The molecule has 0 spiro atoms. The second-order valence-electron chi connectivity index (χ2n) is 9.91. The predicted octanol–water partition coefficient (Wildman–Crippen LogP) is 7.31. The van der Waals surface area contributed by atoms with E-state index in [9.17, 15) is 0 Å². The minimum Gasteiger partial charge on any atom is -0.362 e. The molecule has 0 radical (unpaired) electrons. The molecule has 0 aliphatic rings. The van der Waals surface area contributed by atoms with Gasteiger partial charge in [-0.2, -0.15) is 0 Å². The molecule has 136 valence electrons. The highest BCUT2D eigenvalue weighted by Crippen LogP contribution is 2.40. The average Bonchev–Trinajstić information content (AvgIpc) is 2.34. The van der Waals surface area contributed by atoms with Crippen LogP contribution >= 0.6 is 0 Å². The van der Waals surface area contributed by atoms with E-state index in [-0.39, 0.29) is 16.2 Å². The minimum absolute atomic E-state index is 0.0913. The number of allylic oxidation sites excluding steroid dienone is 3. The van der Waals surface area contributed by atoms with E-state index in [2.05, 4.69) is 88.1 Å². The SMILES string of the molecule is C=C(N/C(=C(\CC)C(C)(C)C)C(C)(C)C)C(C)(C)CC(C)CC. The Morgan fingerprint density at radius 2 is 1.39 bits per heavy atom. The van der Waals surface area contributed by atoms with Crippen LogP contribution in [0.15, 0.2) is 23.5 Å². The van der Waals surface area contributed by atoms with Crippen LogP contribution in [0.5, 0.6) is 0 Å². The average molecular weight is 322 g/mol. The van der Waals surface area contributed by atoms with Crippen molar-refractivity contribution in [3.05, 3.63) is 23.5 Å². The molecule has 0 saturated carbocycles. The zero-order chi connectivity index (χ0) is 18.6. The predicted molar refractivity (Wildman–Crippen MR) is 106 cm³/mol. The Morgan fingerprint density at radius 3 is 1.70 bits per heavy atom. The molecule has 0 aliphatic carbocycles. The second-order valence-corrected chi connectivity index (χ2v) is 9.91. The Labute approximate surface area is 147 Å². The highest BCUT2D eigenvalue weighted by molar-refractivity contribution is 5.27. The smallest absolute Gasteiger partial charge is 0.0200 e. The van der Waals surface area contributed by atoms with Crippen LogP contribution in [0, 0.1) is 22.2 Å². The summed E-state index contributed by atoms with van der Waals surface area (Å²) in [6.45, 7) is 29.8. The molecule has 1 N–H and O–H groups in total. The van der Waals surface area contributed by atoms with Crippen LogP contribution in [0.1, 0.15) is 95.4 Å². The lowest BCUT2D eigenvalue weighted by Gasteiger charge is -2.38. The van der Waals surface area contributed by atoms with Gasteiger partial charge in [-0.1, -0.05) is 89.2 Å². The van der Waals surface area contributed by atoms with E-state index in [0.29, 0.717) is 0 Å². The quantitative estimate of drug-likeness (QED) is 0.518. The normalized spacial score (nSPS) is 16.0. The van der Waals surface area contributed by atoms with Gasteiger partial charge in [0.15, 0.2) is 0 Å². The van der Waals surface area contributed by atoms with Crippen molar-refractivity contribution in [1.29, 1.82) is 0 Å². The summed E-state index contributed by atoms with van der Waals surface area (Å²) in [5, 5.41) is 3.77. The molecule has 0 fully saturated rings. The van der Waals surface area contributed by atoms with Crippen molar-refractivity contribution in [3.63, 3.8) is 0 Å². The lowest BCUT2D eigenvalue weighted by molar-refractivity contribution is 0.304. The minimum atomic E-state index is 0.0913. The molecule has 1 heteroatoms. The molecule has 0 rings (SSSR count). The van der Waals surface area contributed by atoms with Crippen molar-refractivity contribution in [1.82, 2.24) is 5.32 Å². The largest absolute Gasteiger partial charge is 0.362 e. The Bertz CT molecular complexity index is 424. The summed E-state index contributed by atoms with van der Waals surface area (Å²) in [7, 11) is 0. The monoisotopic (exact) mass is 321 g/mol. The van der Waals surface area contributed by atoms with E-state index < -0.39 is 0 Å². The van der Waals surface area contributed by atoms with Crippen LogP contribution < -0.4 is 5.32 Å². The number of nitrogens with one attached hydrogen (secondary N) is 1. The fraction of sp³-hybridized carbons (Fsp3) is 0.818. The molecule has 1 atom stereocenters.